The van der Waals surface area contributed by atoms with E-state index in [-0.39, 0.29) is 16.9 Å². The Morgan fingerprint density at radius 1 is 1.07 bits per heavy atom. The number of alkyl halides is 3. The number of carbonyl (C=O) groups is 2. The van der Waals surface area contributed by atoms with Gasteiger partial charge in [-0.2, -0.15) is 13.2 Å². The molecule has 156 valence electrons. The van der Waals surface area contributed by atoms with E-state index in [2.05, 4.69) is 5.32 Å². The first-order valence-corrected chi connectivity index (χ1v) is 8.81. The summed E-state index contributed by atoms with van der Waals surface area (Å²) in [5.74, 6) is -3.28. The normalized spacial score (nSPS) is 13.1. The van der Waals surface area contributed by atoms with Gasteiger partial charge in [0.1, 0.15) is 11.6 Å². The van der Waals surface area contributed by atoms with E-state index in [1.165, 1.54) is 32.0 Å². The Labute approximate surface area is 165 Å². The minimum atomic E-state index is -4.99. The van der Waals surface area contributed by atoms with Crippen LogP contribution in [0.2, 0.25) is 0 Å². The number of carbonyl (C=O) groups excluding carboxylic acids is 2. The fourth-order valence-electron chi connectivity index (χ4n) is 3.01. The SMILES string of the molecule is C[C@H](NC(=O)c1cc(F)ccc1C(C)(C)CC(=O)C(F)(F)F)c1ccc(O)cc1. The largest absolute Gasteiger partial charge is 0.508 e. The standard InChI is InChI=1S/C21H21F4NO3/c1-12(13-4-7-15(27)8-5-13)26-19(29)16-10-14(22)6-9-17(16)20(2,3)11-18(28)21(23,24)25/h4-10,12,27H,11H2,1-3H3,(H,26,29)/t12-/m0/s1. The average Bonchev–Trinajstić information content (AvgIpc) is 2.60. The molecular formula is C21H21F4NO3. The first kappa shape index (κ1) is 22.4. The Morgan fingerprint density at radius 2 is 1.66 bits per heavy atom. The van der Waals surface area contributed by atoms with Crippen molar-refractivity contribution in [3.63, 3.8) is 0 Å². The minimum Gasteiger partial charge on any atom is -0.508 e. The van der Waals surface area contributed by atoms with Crippen molar-refractivity contribution in [2.45, 2.75) is 44.8 Å². The van der Waals surface area contributed by atoms with Crippen LogP contribution in [-0.2, 0) is 10.2 Å². The van der Waals surface area contributed by atoms with E-state index in [1.54, 1.807) is 19.1 Å². The van der Waals surface area contributed by atoms with Gasteiger partial charge >= 0.3 is 6.18 Å². The first-order valence-electron chi connectivity index (χ1n) is 8.81. The molecule has 8 heteroatoms. The lowest BCUT2D eigenvalue weighted by Gasteiger charge is -2.28. The topological polar surface area (TPSA) is 66.4 Å². The van der Waals surface area contributed by atoms with Crippen LogP contribution in [0, 0.1) is 5.82 Å². The number of hydrogen-bond acceptors (Lipinski definition) is 3. The third-order valence-corrected chi connectivity index (χ3v) is 4.61. The number of benzene rings is 2. The molecular weight excluding hydrogens is 390 g/mol. The van der Waals surface area contributed by atoms with Crippen LogP contribution < -0.4 is 5.32 Å². The van der Waals surface area contributed by atoms with Crippen molar-refractivity contribution in [1.82, 2.24) is 5.32 Å². The van der Waals surface area contributed by atoms with Gasteiger partial charge in [0.25, 0.3) is 5.91 Å². The third-order valence-electron chi connectivity index (χ3n) is 4.61. The zero-order chi connectivity index (χ0) is 22.0. The Morgan fingerprint density at radius 3 is 2.21 bits per heavy atom. The molecule has 2 aromatic rings. The lowest BCUT2D eigenvalue weighted by atomic mass is 9.77. The predicted molar refractivity (Wildman–Crippen MR) is 99.1 cm³/mol. The summed E-state index contributed by atoms with van der Waals surface area (Å²) in [5.41, 5.74) is -0.697. The molecule has 0 aliphatic heterocycles. The van der Waals surface area contributed by atoms with E-state index < -0.39 is 41.6 Å². The van der Waals surface area contributed by atoms with Gasteiger partial charge in [-0.1, -0.05) is 32.0 Å². The first-order chi connectivity index (χ1) is 13.3. The summed E-state index contributed by atoms with van der Waals surface area (Å²) in [4.78, 5) is 24.2. The zero-order valence-electron chi connectivity index (χ0n) is 16.1. The van der Waals surface area contributed by atoms with Gasteiger partial charge in [0.05, 0.1) is 6.04 Å². The molecule has 2 aromatic carbocycles. The summed E-state index contributed by atoms with van der Waals surface area (Å²) < 4.78 is 51.9. The van der Waals surface area contributed by atoms with Gasteiger partial charge in [-0.3, -0.25) is 9.59 Å². The van der Waals surface area contributed by atoms with E-state index in [9.17, 15) is 32.3 Å². The molecule has 0 bridgehead atoms. The van der Waals surface area contributed by atoms with Crippen LogP contribution >= 0.6 is 0 Å². The van der Waals surface area contributed by atoms with Crippen LogP contribution in [0.4, 0.5) is 17.6 Å². The van der Waals surface area contributed by atoms with Gasteiger partial charge in [-0.25, -0.2) is 4.39 Å². The van der Waals surface area contributed by atoms with Crippen molar-refractivity contribution in [3.05, 3.63) is 65.0 Å². The van der Waals surface area contributed by atoms with Gasteiger partial charge < -0.3 is 10.4 Å². The Balaban J connectivity index is 2.32. The molecule has 1 atom stereocenters. The third kappa shape index (κ3) is 5.56. The zero-order valence-corrected chi connectivity index (χ0v) is 16.1. The van der Waals surface area contributed by atoms with Gasteiger partial charge in [0, 0.05) is 12.0 Å². The highest BCUT2D eigenvalue weighted by Gasteiger charge is 2.42. The second kappa shape index (κ2) is 8.23. The molecule has 2 rings (SSSR count). The number of phenolic OH excluding ortho intramolecular Hbond substituents is 1. The monoisotopic (exact) mass is 411 g/mol. The van der Waals surface area contributed by atoms with Crippen molar-refractivity contribution >= 4 is 11.7 Å². The number of amides is 1. The smallest absolute Gasteiger partial charge is 0.450 e. The summed E-state index contributed by atoms with van der Waals surface area (Å²) in [7, 11) is 0. The molecule has 29 heavy (non-hydrogen) atoms. The van der Waals surface area contributed by atoms with Crippen LogP contribution in [0.5, 0.6) is 5.75 Å². The Bertz CT molecular complexity index is 905. The number of nitrogens with one attached hydrogen (secondary N) is 1. The highest BCUT2D eigenvalue weighted by Crippen LogP contribution is 2.34. The highest BCUT2D eigenvalue weighted by atomic mass is 19.4. The molecule has 0 heterocycles. The molecule has 0 fully saturated rings. The van der Waals surface area contributed by atoms with Gasteiger partial charge in [0.2, 0.25) is 5.78 Å². The molecule has 2 N–H and O–H groups in total. The van der Waals surface area contributed by atoms with E-state index in [1.807, 2.05) is 0 Å². The maximum Gasteiger partial charge on any atom is 0.450 e. The van der Waals surface area contributed by atoms with Crippen molar-refractivity contribution in [1.29, 1.82) is 0 Å². The lowest BCUT2D eigenvalue weighted by Crippen LogP contribution is -2.34. The van der Waals surface area contributed by atoms with Gasteiger partial charge in [0.15, 0.2) is 0 Å². The molecule has 0 saturated carbocycles. The molecule has 0 saturated heterocycles. The molecule has 4 nitrogen and oxygen atoms in total. The summed E-state index contributed by atoms with van der Waals surface area (Å²) in [6, 6.07) is 8.76. The molecule has 1 amide bonds. The molecule has 0 unspecified atom stereocenters. The molecule has 0 aliphatic rings. The Hall–Kier alpha value is -2.90. The number of Topliss-reactive ketones (excluding diaryl/α,β-unsaturated/α-hetero) is 1. The van der Waals surface area contributed by atoms with E-state index in [0.717, 1.165) is 12.1 Å². The summed E-state index contributed by atoms with van der Waals surface area (Å²) in [6.45, 7) is 4.45. The molecule has 0 aromatic heterocycles. The van der Waals surface area contributed by atoms with E-state index in [0.29, 0.717) is 5.56 Å². The number of rotatable bonds is 6. The number of phenols is 1. The van der Waals surface area contributed by atoms with Crippen molar-refractivity contribution in [2.75, 3.05) is 0 Å². The number of ketones is 1. The average molecular weight is 411 g/mol. The summed E-state index contributed by atoms with van der Waals surface area (Å²) in [6.07, 6.45) is -5.87. The van der Waals surface area contributed by atoms with Crippen LogP contribution in [0.25, 0.3) is 0 Å². The summed E-state index contributed by atoms with van der Waals surface area (Å²) >= 11 is 0. The predicted octanol–water partition coefficient (Wildman–Crippen LogP) is 4.82. The minimum absolute atomic E-state index is 0.0516. The van der Waals surface area contributed by atoms with Crippen LogP contribution in [0.15, 0.2) is 42.5 Å². The molecule has 0 aliphatic carbocycles. The highest BCUT2D eigenvalue weighted by molar-refractivity contribution is 5.96. The second-order valence-corrected chi connectivity index (χ2v) is 7.46. The molecule has 0 radical (unpaired) electrons. The van der Waals surface area contributed by atoms with Gasteiger partial charge in [-0.15, -0.1) is 0 Å². The lowest BCUT2D eigenvalue weighted by molar-refractivity contribution is -0.172. The fourth-order valence-corrected chi connectivity index (χ4v) is 3.01. The quantitative estimate of drug-likeness (QED) is 0.670. The van der Waals surface area contributed by atoms with Crippen molar-refractivity contribution in [3.8, 4) is 5.75 Å². The number of hydrogen-bond donors (Lipinski definition) is 2. The maximum atomic E-state index is 13.8. The molecule has 0 spiro atoms. The Kier molecular flexibility index (Phi) is 6.35. The van der Waals surface area contributed by atoms with Crippen molar-refractivity contribution < 1.29 is 32.3 Å². The number of halogens is 4. The van der Waals surface area contributed by atoms with Crippen molar-refractivity contribution in [2.24, 2.45) is 0 Å². The van der Waals surface area contributed by atoms with Gasteiger partial charge in [-0.05, 0) is 47.7 Å². The van der Waals surface area contributed by atoms with Crippen LogP contribution in [-0.4, -0.2) is 23.0 Å². The van der Waals surface area contributed by atoms with E-state index >= 15 is 0 Å². The summed E-state index contributed by atoms with van der Waals surface area (Å²) in [5, 5.41) is 12.0. The fraction of sp³-hybridized carbons (Fsp3) is 0.333. The van der Waals surface area contributed by atoms with Crippen LogP contribution in [0.3, 0.4) is 0 Å². The van der Waals surface area contributed by atoms with E-state index in [4.69, 9.17) is 0 Å². The second-order valence-electron chi connectivity index (χ2n) is 7.46. The van der Waals surface area contributed by atoms with Crippen LogP contribution in [0.1, 0.15) is 54.7 Å². The maximum absolute atomic E-state index is 13.8. The number of aromatic hydroxyl groups is 1.